The van der Waals surface area contributed by atoms with E-state index in [1.54, 1.807) is 7.11 Å². The van der Waals surface area contributed by atoms with Crippen molar-refractivity contribution >= 4 is 11.6 Å². The Morgan fingerprint density at radius 1 is 1.39 bits per heavy atom. The summed E-state index contributed by atoms with van der Waals surface area (Å²) in [5.74, 6) is 8.49. The van der Waals surface area contributed by atoms with Crippen LogP contribution in [-0.2, 0) is 0 Å². The van der Waals surface area contributed by atoms with Crippen molar-refractivity contribution in [3.63, 3.8) is 0 Å². The smallest absolute Gasteiger partial charge is 0.135 e. The average Bonchev–Trinajstić information content (AvgIpc) is 2.35. The zero-order chi connectivity index (χ0) is 12.8. The Bertz CT molecular complexity index is 455. The lowest BCUT2D eigenvalue weighted by atomic mass is 9.86. The van der Waals surface area contributed by atoms with Crippen molar-refractivity contribution in [1.82, 2.24) is 0 Å². The van der Waals surface area contributed by atoms with E-state index in [9.17, 15) is 0 Å². The predicted octanol–water partition coefficient (Wildman–Crippen LogP) is 3.46. The van der Waals surface area contributed by atoms with Gasteiger partial charge in [-0.05, 0) is 37.0 Å². The molecule has 1 aliphatic rings. The Hall–Kier alpha value is -1.33. The third-order valence-electron chi connectivity index (χ3n) is 3.18. The van der Waals surface area contributed by atoms with Crippen molar-refractivity contribution in [2.24, 2.45) is 5.92 Å². The molecule has 18 heavy (non-hydrogen) atoms. The van der Waals surface area contributed by atoms with Gasteiger partial charge in [0, 0.05) is 0 Å². The van der Waals surface area contributed by atoms with E-state index in [-0.39, 0.29) is 0 Å². The van der Waals surface area contributed by atoms with Gasteiger partial charge < -0.3 is 9.47 Å². The van der Waals surface area contributed by atoms with E-state index >= 15 is 0 Å². The Balaban J connectivity index is 2.10. The summed E-state index contributed by atoms with van der Waals surface area (Å²) in [6.07, 6.45) is 3.88. The minimum atomic E-state index is 0.319. The fourth-order valence-corrected chi connectivity index (χ4v) is 1.92. The van der Waals surface area contributed by atoms with Crippen LogP contribution in [0.4, 0.5) is 0 Å². The molecule has 0 aromatic heterocycles. The van der Waals surface area contributed by atoms with Crippen LogP contribution in [0.25, 0.3) is 0 Å². The lowest BCUT2D eigenvalue weighted by molar-refractivity contribution is 0.180. The zero-order valence-electron chi connectivity index (χ0n) is 10.5. The maximum Gasteiger partial charge on any atom is 0.135 e. The van der Waals surface area contributed by atoms with Crippen molar-refractivity contribution in [2.75, 3.05) is 19.6 Å². The molecule has 3 heteroatoms. The summed E-state index contributed by atoms with van der Waals surface area (Å²) in [6.45, 7) is 0.780. The largest absolute Gasteiger partial charge is 0.497 e. The highest BCUT2D eigenvalue weighted by atomic mass is 35.5. The average molecular weight is 265 g/mol. The molecule has 0 aliphatic heterocycles. The molecular formula is C15H17ClO2. The normalized spacial score (nSPS) is 14.3. The van der Waals surface area contributed by atoms with E-state index in [0.717, 1.165) is 23.7 Å². The van der Waals surface area contributed by atoms with Gasteiger partial charge in [0.25, 0.3) is 0 Å². The van der Waals surface area contributed by atoms with Crippen LogP contribution in [0.1, 0.15) is 24.8 Å². The van der Waals surface area contributed by atoms with Crippen LogP contribution in [-0.4, -0.2) is 19.6 Å². The highest BCUT2D eigenvalue weighted by Gasteiger charge is 2.18. The summed E-state index contributed by atoms with van der Waals surface area (Å²) in [6, 6.07) is 5.69. The van der Waals surface area contributed by atoms with Crippen LogP contribution in [0.5, 0.6) is 11.5 Å². The number of hydrogen-bond donors (Lipinski definition) is 0. The van der Waals surface area contributed by atoms with E-state index < -0.39 is 0 Å². The van der Waals surface area contributed by atoms with Crippen molar-refractivity contribution < 1.29 is 9.47 Å². The number of hydrogen-bond acceptors (Lipinski definition) is 2. The maximum atomic E-state index is 5.84. The van der Waals surface area contributed by atoms with Gasteiger partial charge in [-0.2, -0.15) is 0 Å². The number of halogens is 1. The summed E-state index contributed by atoms with van der Waals surface area (Å²) >= 11 is 5.59. The van der Waals surface area contributed by atoms with Crippen LogP contribution < -0.4 is 9.47 Å². The van der Waals surface area contributed by atoms with Gasteiger partial charge in [0.15, 0.2) is 0 Å². The number of benzene rings is 1. The standard InChI is InChI=1S/C15H17ClO2/c1-17-14-7-8-15(13(10-14)6-3-9-16)18-11-12-4-2-5-12/h7-8,10,12H,2,4-5,9,11H2,1H3. The minimum absolute atomic E-state index is 0.319. The lowest BCUT2D eigenvalue weighted by Crippen LogP contribution is -2.19. The monoisotopic (exact) mass is 264 g/mol. The zero-order valence-corrected chi connectivity index (χ0v) is 11.3. The summed E-state index contributed by atoms with van der Waals surface area (Å²) in [5, 5.41) is 0. The summed E-state index contributed by atoms with van der Waals surface area (Å²) in [5.41, 5.74) is 0.842. The fourth-order valence-electron chi connectivity index (χ4n) is 1.86. The molecule has 0 saturated heterocycles. The molecule has 0 atom stereocenters. The van der Waals surface area contributed by atoms with Gasteiger partial charge in [0.2, 0.25) is 0 Å². The summed E-state index contributed by atoms with van der Waals surface area (Å²) in [7, 11) is 1.64. The molecule has 1 aromatic carbocycles. The van der Waals surface area contributed by atoms with Crippen LogP contribution in [0, 0.1) is 17.8 Å². The molecule has 1 aliphatic carbocycles. The first-order valence-corrected chi connectivity index (χ1v) is 6.72. The second kappa shape index (κ2) is 6.56. The molecule has 1 saturated carbocycles. The first-order valence-electron chi connectivity index (χ1n) is 6.19. The second-order valence-corrected chi connectivity index (χ2v) is 4.67. The van der Waals surface area contributed by atoms with E-state index in [4.69, 9.17) is 21.1 Å². The summed E-state index contributed by atoms with van der Waals surface area (Å²) in [4.78, 5) is 0. The molecule has 0 N–H and O–H groups in total. The van der Waals surface area contributed by atoms with Crippen LogP contribution in [0.2, 0.25) is 0 Å². The number of rotatable bonds is 4. The van der Waals surface area contributed by atoms with E-state index in [1.807, 2.05) is 18.2 Å². The number of methoxy groups -OCH3 is 1. The second-order valence-electron chi connectivity index (χ2n) is 4.41. The minimum Gasteiger partial charge on any atom is -0.497 e. The van der Waals surface area contributed by atoms with Crippen molar-refractivity contribution in [1.29, 1.82) is 0 Å². The van der Waals surface area contributed by atoms with Crippen LogP contribution >= 0.6 is 11.6 Å². The third kappa shape index (κ3) is 3.34. The Labute approximate surface area is 113 Å². The molecule has 96 valence electrons. The van der Waals surface area contributed by atoms with E-state index in [1.165, 1.54) is 19.3 Å². The topological polar surface area (TPSA) is 18.5 Å². The van der Waals surface area contributed by atoms with Crippen LogP contribution in [0.15, 0.2) is 18.2 Å². The van der Waals surface area contributed by atoms with E-state index in [2.05, 4.69) is 11.8 Å². The molecule has 0 heterocycles. The molecule has 1 fully saturated rings. The van der Waals surface area contributed by atoms with Crippen LogP contribution in [0.3, 0.4) is 0 Å². The van der Waals surface area contributed by atoms with Crippen molar-refractivity contribution in [2.45, 2.75) is 19.3 Å². The van der Waals surface area contributed by atoms with Gasteiger partial charge in [0.05, 0.1) is 25.2 Å². The maximum absolute atomic E-state index is 5.84. The lowest BCUT2D eigenvalue weighted by Gasteiger charge is -2.25. The molecular weight excluding hydrogens is 248 g/mol. The Kier molecular flexibility index (Phi) is 4.78. The van der Waals surface area contributed by atoms with Crippen molar-refractivity contribution in [3.8, 4) is 23.3 Å². The highest BCUT2D eigenvalue weighted by Crippen LogP contribution is 2.29. The third-order valence-corrected chi connectivity index (χ3v) is 3.31. The van der Waals surface area contributed by atoms with Gasteiger partial charge in [-0.3, -0.25) is 0 Å². The van der Waals surface area contributed by atoms with Gasteiger partial charge in [-0.15, -0.1) is 11.6 Å². The predicted molar refractivity (Wildman–Crippen MR) is 73.4 cm³/mol. The SMILES string of the molecule is COc1ccc(OCC2CCC2)c(C#CCCl)c1. The van der Waals surface area contributed by atoms with Gasteiger partial charge in [-0.1, -0.05) is 18.3 Å². The molecule has 2 nitrogen and oxygen atoms in total. The van der Waals surface area contributed by atoms with Gasteiger partial charge in [0.1, 0.15) is 11.5 Å². The Morgan fingerprint density at radius 2 is 2.22 bits per heavy atom. The fraction of sp³-hybridized carbons (Fsp3) is 0.467. The number of ether oxygens (including phenoxy) is 2. The first-order chi connectivity index (χ1) is 8.83. The number of alkyl halides is 1. The molecule has 0 spiro atoms. The molecule has 0 bridgehead atoms. The molecule has 0 unspecified atom stereocenters. The molecule has 0 radical (unpaired) electrons. The highest BCUT2D eigenvalue weighted by molar-refractivity contribution is 6.19. The first kappa shape index (κ1) is 13.1. The quantitative estimate of drug-likeness (QED) is 0.612. The van der Waals surface area contributed by atoms with Gasteiger partial charge >= 0.3 is 0 Å². The van der Waals surface area contributed by atoms with E-state index in [0.29, 0.717) is 11.8 Å². The van der Waals surface area contributed by atoms with Gasteiger partial charge in [-0.25, -0.2) is 0 Å². The van der Waals surface area contributed by atoms with Crippen molar-refractivity contribution in [3.05, 3.63) is 23.8 Å². The summed E-state index contributed by atoms with van der Waals surface area (Å²) < 4.78 is 11.0. The molecule has 2 rings (SSSR count). The molecule has 1 aromatic rings. The molecule has 0 amide bonds. The Morgan fingerprint density at radius 3 is 2.83 bits per heavy atom.